The van der Waals surface area contributed by atoms with E-state index in [9.17, 15) is 14.9 Å². The SMILES string of the molecule is Cc1oc(-c2cccc([N+](=O)[O-])c2C)nc1C(=O)O. The standard InChI is InChI=1S/C12H10N2O5/c1-6-8(4-3-5-9(6)14(17)18)11-13-10(12(15)16)7(2)19-11/h3-5H,1-2H3,(H,15,16). The van der Waals surface area contributed by atoms with Crippen molar-refractivity contribution in [2.75, 3.05) is 0 Å². The molecule has 0 atom stereocenters. The third kappa shape index (κ3) is 2.17. The average molecular weight is 262 g/mol. The third-order valence-electron chi connectivity index (χ3n) is 2.73. The van der Waals surface area contributed by atoms with Gasteiger partial charge in [0.15, 0.2) is 5.69 Å². The van der Waals surface area contributed by atoms with E-state index in [4.69, 9.17) is 9.52 Å². The average Bonchev–Trinajstić information content (AvgIpc) is 2.71. The predicted octanol–water partition coefficient (Wildman–Crippen LogP) is 2.56. The van der Waals surface area contributed by atoms with Gasteiger partial charge in [0.05, 0.1) is 4.92 Å². The van der Waals surface area contributed by atoms with Crippen LogP contribution in [-0.2, 0) is 0 Å². The lowest BCUT2D eigenvalue weighted by atomic mass is 10.1. The van der Waals surface area contributed by atoms with Gasteiger partial charge in [-0.3, -0.25) is 10.1 Å². The number of rotatable bonds is 3. The second kappa shape index (κ2) is 4.52. The summed E-state index contributed by atoms with van der Waals surface area (Å²) in [5.41, 5.74) is 0.529. The van der Waals surface area contributed by atoms with Crippen LogP contribution in [0.1, 0.15) is 21.8 Å². The first-order chi connectivity index (χ1) is 8.91. The summed E-state index contributed by atoms with van der Waals surface area (Å²) >= 11 is 0. The Morgan fingerprint density at radius 3 is 2.63 bits per heavy atom. The Kier molecular flexibility index (Phi) is 3.04. The van der Waals surface area contributed by atoms with Gasteiger partial charge in [-0.1, -0.05) is 6.07 Å². The maximum Gasteiger partial charge on any atom is 0.358 e. The summed E-state index contributed by atoms with van der Waals surface area (Å²) in [5.74, 6) is -0.972. The topological polar surface area (TPSA) is 106 Å². The van der Waals surface area contributed by atoms with Gasteiger partial charge in [-0.05, 0) is 19.9 Å². The molecule has 0 saturated carbocycles. The highest BCUT2D eigenvalue weighted by atomic mass is 16.6. The van der Waals surface area contributed by atoms with Crippen LogP contribution >= 0.6 is 0 Å². The van der Waals surface area contributed by atoms with Gasteiger partial charge >= 0.3 is 5.97 Å². The first-order valence-corrected chi connectivity index (χ1v) is 5.37. The van der Waals surface area contributed by atoms with E-state index in [2.05, 4.69) is 4.98 Å². The number of carboxylic acids is 1. The maximum absolute atomic E-state index is 10.9. The minimum Gasteiger partial charge on any atom is -0.476 e. The van der Waals surface area contributed by atoms with Crippen molar-refractivity contribution in [2.24, 2.45) is 0 Å². The number of nitrogens with zero attached hydrogens (tertiary/aromatic N) is 2. The monoisotopic (exact) mass is 262 g/mol. The second-order valence-electron chi connectivity index (χ2n) is 3.94. The summed E-state index contributed by atoms with van der Waals surface area (Å²) < 4.78 is 5.26. The molecule has 98 valence electrons. The second-order valence-corrected chi connectivity index (χ2v) is 3.94. The molecule has 1 heterocycles. The summed E-state index contributed by atoms with van der Waals surface area (Å²) in [6.07, 6.45) is 0. The highest BCUT2D eigenvalue weighted by molar-refractivity contribution is 5.87. The molecular formula is C12H10N2O5. The highest BCUT2D eigenvalue weighted by Gasteiger charge is 2.21. The normalized spacial score (nSPS) is 10.4. The molecule has 0 aliphatic rings. The Morgan fingerprint density at radius 1 is 1.42 bits per heavy atom. The van der Waals surface area contributed by atoms with Gasteiger partial charge in [-0.2, -0.15) is 0 Å². The largest absolute Gasteiger partial charge is 0.476 e. The van der Waals surface area contributed by atoms with Crippen molar-refractivity contribution in [3.63, 3.8) is 0 Å². The Bertz CT molecular complexity index is 675. The lowest BCUT2D eigenvalue weighted by Gasteiger charge is -2.01. The molecule has 0 aliphatic heterocycles. The first kappa shape index (κ1) is 12.7. The molecule has 0 amide bonds. The molecule has 0 bridgehead atoms. The molecule has 1 aromatic heterocycles. The van der Waals surface area contributed by atoms with Crippen LogP contribution in [0.3, 0.4) is 0 Å². The third-order valence-corrected chi connectivity index (χ3v) is 2.73. The van der Waals surface area contributed by atoms with Gasteiger partial charge in [-0.15, -0.1) is 0 Å². The van der Waals surface area contributed by atoms with Crippen LogP contribution in [0, 0.1) is 24.0 Å². The van der Waals surface area contributed by atoms with Crippen molar-refractivity contribution >= 4 is 11.7 Å². The molecule has 0 unspecified atom stereocenters. The summed E-state index contributed by atoms with van der Waals surface area (Å²) in [7, 11) is 0. The highest BCUT2D eigenvalue weighted by Crippen LogP contribution is 2.30. The van der Waals surface area contributed by atoms with E-state index < -0.39 is 10.9 Å². The smallest absolute Gasteiger partial charge is 0.358 e. The molecule has 19 heavy (non-hydrogen) atoms. The molecular weight excluding hydrogens is 252 g/mol. The van der Waals surface area contributed by atoms with Crippen LogP contribution in [0.2, 0.25) is 0 Å². The molecule has 1 aromatic carbocycles. The summed E-state index contributed by atoms with van der Waals surface area (Å²) in [6.45, 7) is 3.04. The molecule has 7 nitrogen and oxygen atoms in total. The van der Waals surface area contributed by atoms with E-state index in [1.165, 1.54) is 19.1 Å². The molecule has 0 fully saturated rings. The van der Waals surface area contributed by atoms with Gasteiger partial charge in [0.25, 0.3) is 5.69 Å². The van der Waals surface area contributed by atoms with Crippen molar-refractivity contribution in [1.29, 1.82) is 0 Å². The number of aromatic carboxylic acids is 1. The van der Waals surface area contributed by atoms with E-state index in [1.54, 1.807) is 13.0 Å². The number of benzene rings is 1. The van der Waals surface area contributed by atoms with Crippen molar-refractivity contribution < 1.29 is 19.2 Å². The molecule has 0 spiro atoms. The fraction of sp³-hybridized carbons (Fsp3) is 0.167. The van der Waals surface area contributed by atoms with E-state index in [1.807, 2.05) is 0 Å². The first-order valence-electron chi connectivity index (χ1n) is 5.37. The lowest BCUT2D eigenvalue weighted by Crippen LogP contribution is -1.98. The van der Waals surface area contributed by atoms with E-state index in [-0.39, 0.29) is 23.0 Å². The zero-order valence-electron chi connectivity index (χ0n) is 10.2. The number of oxazole rings is 1. The zero-order valence-corrected chi connectivity index (χ0v) is 10.2. The van der Waals surface area contributed by atoms with Crippen molar-refractivity contribution in [1.82, 2.24) is 4.98 Å². The van der Waals surface area contributed by atoms with E-state index in [0.717, 1.165) is 0 Å². The summed E-state index contributed by atoms with van der Waals surface area (Å²) in [6, 6.07) is 4.46. The van der Waals surface area contributed by atoms with Crippen LogP contribution in [0.15, 0.2) is 22.6 Å². The van der Waals surface area contributed by atoms with Crippen LogP contribution < -0.4 is 0 Å². The Balaban J connectivity index is 2.60. The number of aryl methyl sites for hydroxylation is 1. The maximum atomic E-state index is 10.9. The Labute approximate surface area is 107 Å². The number of hydrogen-bond acceptors (Lipinski definition) is 5. The molecule has 7 heteroatoms. The van der Waals surface area contributed by atoms with Crippen molar-refractivity contribution in [3.05, 3.63) is 45.3 Å². The summed E-state index contributed by atoms with van der Waals surface area (Å²) in [5, 5.41) is 19.8. The minimum atomic E-state index is -1.20. The van der Waals surface area contributed by atoms with Gasteiger partial charge < -0.3 is 9.52 Å². The van der Waals surface area contributed by atoms with Crippen LogP contribution in [0.4, 0.5) is 5.69 Å². The number of carbonyl (C=O) groups is 1. The molecule has 0 saturated heterocycles. The predicted molar refractivity (Wildman–Crippen MR) is 65.0 cm³/mol. The van der Waals surface area contributed by atoms with Crippen molar-refractivity contribution in [2.45, 2.75) is 13.8 Å². The van der Waals surface area contributed by atoms with Gasteiger partial charge in [0.1, 0.15) is 5.76 Å². The van der Waals surface area contributed by atoms with Crippen molar-refractivity contribution in [3.8, 4) is 11.5 Å². The van der Waals surface area contributed by atoms with E-state index >= 15 is 0 Å². The quantitative estimate of drug-likeness (QED) is 0.672. The fourth-order valence-corrected chi connectivity index (χ4v) is 1.76. The van der Waals surface area contributed by atoms with Crippen LogP contribution in [0.25, 0.3) is 11.5 Å². The number of aromatic nitrogens is 1. The van der Waals surface area contributed by atoms with Gasteiger partial charge in [0, 0.05) is 17.2 Å². The number of nitro benzene ring substituents is 1. The van der Waals surface area contributed by atoms with Gasteiger partial charge in [0.2, 0.25) is 5.89 Å². The molecule has 0 aliphatic carbocycles. The van der Waals surface area contributed by atoms with Crippen LogP contribution in [0.5, 0.6) is 0 Å². The van der Waals surface area contributed by atoms with E-state index in [0.29, 0.717) is 11.1 Å². The molecule has 1 N–H and O–H groups in total. The molecule has 2 rings (SSSR count). The number of carboxylic acid groups (broad SMARTS) is 1. The van der Waals surface area contributed by atoms with Gasteiger partial charge in [-0.25, -0.2) is 9.78 Å². The number of nitro groups is 1. The Hall–Kier alpha value is -2.70. The Morgan fingerprint density at radius 2 is 2.11 bits per heavy atom. The summed E-state index contributed by atoms with van der Waals surface area (Å²) in [4.78, 5) is 25.1. The lowest BCUT2D eigenvalue weighted by molar-refractivity contribution is -0.385. The number of hydrogen-bond donors (Lipinski definition) is 1. The van der Waals surface area contributed by atoms with Crippen LogP contribution in [-0.4, -0.2) is 21.0 Å². The zero-order chi connectivity index (χ0) is 14.2. The molecule has 0 radical (unpaired) electrons. The minimum absolute atomic E-state index is 0.0646. The molecule has 2 aromatic rings. The fourth-order valence-electron chi connectivity index (χ4n) is 1.76.